The first kappa shape index (κ1) is 15.2. The maximum Gasteiger partial charge on any atom is 0.279 e. The van der Waals surface area contributed by atoms with Gasteiger partial charge in [0.05, 0.1) is 12.2 Å². The molecular weight excluding hydrogens is 266 g/mol. The van der Waals surface area contributed by atoms with E-state index in [0.29, 0.717) is 19.1 Å². The van der Waals surface area contributed by atoms with Gasteiger partial charge < -0.3 is 10.1 Å². The van der Waals surface area contributed by atoms with Crippen LogP contribution in [0.4, 0.5) is 0 Å². The van der Waals surface area contributed by atoms with Crippen molar-refractivity contribution in [1.29, 1.82) is 0 Å². The predicted molar refractivity (Wildman–Crippen MR) is 74.1 cm³/mol. The van der Waals surface area contributed by atoms with Gasteiger partial charge in [-0.1, -0.05) is 0 Å². The number of hydrogen-bond donors (Lipinski definition) is 2. The van der Waals surface area contributed by atoms with E-state index >= 15 is 0 Å². The first-order valence-corrected chi connectivity index (χ1v) is 8.47. The number of nitrogens with one attached hydrogen (secondary N) is 2. The molecule has 0 saturated carbocycles. The fourth-order valence-electron chi connectivity index (χ4n) is 2.85. The molecule has 0 spiro atoms. The van der Waals surface area contributed by atoms with Crippen molar-refractivity contribution in [1.82, 2.24) is 14.3 Å². The molecule has 7 heteroatoms. The van der Waals surface area contributed by atoms with Crippen molar-refractivity contribution >= 4 is 10.2 Å². The Morgan fingerprint density at radius 1 is 1.21 bits per heavy atom. The Kier molecular flexibility index (Phi) is 4.84. The molecule has 0 aromatic carbocycles. The van der Waals surface area contributed by atoms with Gasteiger partial charge in [-0.3, -0.25) is 0 Å². The third-order valence-corrected chi connectivity index (χ3v) is 5.27. The highest BCUT2D eigenvalue weighted by molar-refractivity contribution is 7.87. The summed E-state index contributed by atoms with van der Waals surface area (Å²) in [5.74, 6) is 0. The van der Waals surface area contributed by atoms with E-state index in [9.17, 15) is 8.42 Å². The Labute approximate surface area is 116 Å². The van der Waals surface area contributed by atoms with Crippen molar-refractivity contribution < 1.29 is 13.2 Å². The van der Waals surface area contributed by atoms with E-state index in [-0.39, 0.29) is 18.2 Å². The summed E-state index contributed by atoms with van der Waals surface area (Å²) in [6.07, 6.45) is 1.59. The lowest BCUT2D eigenvalue weighted by Crippen LogP contribution is -2.55. The zero-order valence-corrected chi connectivity index (χ0v) is 12.7. The Bertz CT molecular complexity index is 391. The van der Waals surface area contributed by atoms with Crippen molar-refractivity contribution in [2.75, 3.05) is 19.6 Å². The minimum Gasteiger partial charge on any atom is -0.373 e. The average molecular weight is 291 g/mol. The normalized spacial score (nSPS) is 38.3. The van der Waals surface area contributed by atoms with Crippen LogP contribution in [0.2, 0.25) is 0 Å². The quantitative estimate of drug-likeness (QED) is 0.772. The molecule has 2 heterocycles. The van der Waals surface area contributed by atoms with Gasteiger partial charge in [0, 0.05) is 25.2 Å². The lowest BCUT2D eigenvalue weighted by atomic mass is 10.0. The molecule has 2 aliphatic rings. The third-order valence-electron chi connectivity index (χ3n) is 3.67. The second kappa shape index (κ2) is 6.05. The monoisotopic (exact) mass is 291 g/mol. The number of nitrogens with zero attached hydrogens (tertiary/aromatic N) is 1. The van der Waals surface area contributed by atoms with Crippen LogP contribution in [0.3, 0.4) is 0 Å². The average Bonchev–Trinajstić information content (AvgIpc) is 2.26. The molecule has 0 amide bonds. The fraction of sp³-hybridized carbons (Fsp3) is 1.00. The Morgan fingerprint density at radius 2 is 1.84 bits per heavy atom. The number of hydrogen-bond acceptors (Lipinski definition) is 4. The SMILES string of the molecule is CC1CC(NS(=O)(=O)N2CC(C)OC(C)C2)CCN1. The van der Waals surface area contributed by atoms with Crippen molar-refractivity contribution in [2.45, 2.75) is 57.9 Å². The van der Waals surface area contributed by atoms with Crippen LogP contribution in [-0.4, -0.2) is 56.6 Å². The molecule has 0 aliphatic carbocycles. The summed E-state index contributed by atoms with van der Waals surface area (Å²) < 4.78 is 34.7. The molecule has 2 saturated heterocycles. The van der Waals surface area contributed by atoms with Gasteiger partial charge in [-0.15, -0.1) is 0 Å². The largest absolute Gasteiger partial charge is 0.373 e. The van der Waals surface area contributed by atoms with Crippen LogP contribution in [0.25, 0.3) is 0 Å². The van der Waals surface area contributed by atoms with Gasteiger partial charge >= 0.3 is 0 Å². The summed E-state index contributed by atoms with van der Waals surface area (Å²) in [5, 5.41) is 3.32. The molecular formula is C12H25N3O3S. The molecule has 2 N–H and O–H groups in total. The summed E-state index contributed by atoms with van der Waals surface area (Å²) in [5.41, 5.74) is 0. The van der Waals surface area contributed by atoms with E-state index in [1.165, 1.54) is 4.31 Å². The van der Waals surface area contributed by atoms with Crippen molar-refractivity contribution in [3.05, 3.63) is 0 Å². The Balaban J connectivity index is 1.97. The van der Waals surface area contributed by atoms with E-state index in [0.717, 1.165) is 19.4 Å². The topological polar surface area (TPSA) is 70.7 Å². The molecule has 4 atom stereocenters. The molecule has 19 heavy (non-hydrogen) atoms. The van der Waals surface area contributed by atoms with Crippen LogP contribution >= 0.6 is 0 Å². The highest BCUT2D eigenvalue weighted by Gasteiger charge is 2.33. The molecule has 4 unspecified atom stereocenters. The Morgan fingerprint density at radius 3 is 2.42 bits per heavy atom. The summed E-state index contributed by atoms with van der Waals surface area (Å²) >= 11 is 0. The molecule has 0 aromatic rings. The number of piperidine rings is 1. The predicted octanol–water partition coefficient (Wildman–Crippen LogP) is 0.0705. The fourth-order valence-corrected chi connectivity index (χ4v) is 4.45. The zero-order chi connectivity index (χ0) is 14.0. The number of morpholine rings is 1. The van der Waals surface area contributed by atoms with E-state index in [1.807, 2.05) is 13.8 Å². The second-order valence-corrected chi connectivity index (χ2v) is 7.48. The van der Waals surface area contributed by atoms with Gasteiger partial charge in [0.1, 0.15) is 0 Å². The van der Waals surface area contributed by atoms with Gasteiger partial charge in [0.2, 0.25) is 0 Å². The van der Waals surface area contributed by atoms with Crippen LogP contribution in [0.15, 0.2) is 0 Å². The minimum atomic E-state index is -3.40. The van der Waals surface area contributed by atoms with Crippen LogP contribution in [0, 0.1) is 0 Å². The molecule has 0 radical (unpaired) electrons. The van der Waals surface area contributed by atoms with E-state index in [1.54, 1.807) is 0 Å². The van der Waals surface area contributed by atoms with Gasteiger partial charge in [0.15, 0.2) is 0 Å². The summed E-state index contributed by atoms with van der Waals surface area (Å²) in [6.45, 7) is 7.62. The summed E-state index contributed by atoms with van der Waals surface area (Å²) in [6, 6.07) is 0.402. The third kappa shape index (κ3) is 4.13. The minimum absolute atomic E-state index is 0.0368. The van der Waals surface area contributed by atoms with Crippen molar-refractivity contribution in [3.8, 4) is 0 Å². The van der Waals surface area contributed by atoms with Crippen molar-refractivity contribution in [3.63, 3.8) is 0 Å². The van der Waals surface area contributed by atoms with Crippen LogP contribution in [-0.2, 0) is 14.9 Å². The standard InChI is InChI=1S/C12H25N3O3S/c1-9-6-12(4-5-13-9)14-19(16,17)15-7-10(2)18-11(3)8-15/h9-14H,4-8H2,1-3H3. The molecule has 2 aliphatic heterocycles. The van der Waals surface area contributed by atoms with Gasteiger partial charge in [-0.05, 0) is 40.2 Å². The van der Waals surface area contributed by atoms with E-state index in [4.69, 9.17) is 4.74 Å². The Hall–Kier alpha value is -0.210. The van der Waals surface area contributed by atoms with Crippen molar-refractivity contribution in [2.24, 2.45) is 0 Å². The maximum absolute atomic E-state index is 12.4. The molecule has 112 valence electrons. The van der Waals surface area contributed by atoms with Crippen LogP contribution < -0.4 is 10.0 Å². The van der Waals surface area contributed by atoms with E-state index < -0.39 is 10.2 Å². The van der Waals surface area contributed by atoms with Crippen LogP contribution in [0.1, 0.15) is 33.6 Å². The summed E-state index contributed by atoms with van der Waals surface area (Å²) in [4.78, 5) is 0. The number of ether oxygens (including phenoxy) is 1. The second-order valence-electron chi connectivity index (χ2n) is 5.77. The maximum atomic E-state index is 12.4. The number of rotatable bonds is 3. The lowest BCUT2D eigenvalue weighted by Gasteiger charge is -2.36. The molecule has 6 nitrogen and oxygen atoms in total. The first-order chi connectivity index (χ1) is 8.87. The zero-order valence-electron chi connectivity index (χ0n) is 11.9. The smallest absolute Gasteiger partial charge is 0.279 e. The van der Waals surface area contributed by atoms with Gasteiger partial charge in [0.25, 0.3) is 10.2 Å². The first-order valence-electron chi connectivity index (χ1n) is 7.03. The van der Waals surface area contributed by atoms with Crippen LogP contribution in [0.5, 0.6) is 0 Å². The van der Waals surface area contributed by atoms with E-state index in [2.05, 4.69) is 17.0 Å². The van der Waals surface area contributed by atoms with Gasteiger partial charge in [-0.25, -0.2) is 0 Å². The summed E-state index contributed by atoms with van der Waals surface area (Å²) in [7, 11) is -3.40. The van der Waals surface area contributed by atoms with Gasteiger partial charge in [-0.2, -0.15) is 17.4 Å². The molecule has 0 aromatic heterocycles. The highest BCUT2D eigenvalue weighted by Crippen LogP contribution is 2.16. The highest BCUT2D eigenvalue weighted by atomic mass is 32.2. The lowest BCUT2D eigenvalue weighted by molar-refractivity contribution is -0.0445. The molecule has 0 bridgehead atoms. The molecule has 2 rings (SSSR count). The molecule has 2 fully saturated rings.